The fourth-order valence-corrected chi connectivity index (χ4v) is 3.71. The molecule has 0 aliphatic carbocycles. The van der Waals surface area contributed by atoms with E-state index in [4.69, 9.17) is 0 Å². The van der Waals surface area contributed by atoms with Crippen molar-refractivity contribution in [1.82, 2.24) is 19.6 Å². The highest BCUT2D eigenvalue weighted by atomic mass is 32.2. The van der Waals surface area contributed by atoms with Crippen molar-refractivity contribution in [2.24, 2.45) is 0 Å². The average Bonchev–Trinajstić information content (AvgIpc) is 2.52. The second-order valence-corrected chi connectivity index (χ2v) is 7.57. The van der Waals surface area contributed by atoms with Crippen molar-refractivity contribution >= 4 is 10.0 Å². The number of hydrogen-bond donors (Lipinski definition) is 2. The zero-order chi connectivity index (χ0) is 14.3. The van der Waals surface area contributed by atoms with E-state index in [0.717, 1.165) is 31.0 Å². The Morgan fingerprint density at radius 2 is 2.16 bits per heavy atom. The molecule has 0 unspecified atom stereocenters. The molecule has 1 aliphatic rings. The van der Waals surface area contributed by atoms with Crippen molar-refractivity contribution in [3.63, 3.8) is 0 Å². The predicted octanol–water partition coefficient (Wildman–Crippen LogP) is 0.165. The van der Waals surface area contributed by atoms with E-state index in [2.05, 4.69) is 19.6 Å². The lowest BCUT2D eigenvalue weighted by Crippen LogP contribution is -2.46. The van der Waals surface area contributed by atoms with Crippen molar-refractivity contribution < 1.29 is 8.42 Å². The van der Waals surface area contributed by atoms with E-state index < -0.39 is 15.6 Å². The van der Waals surface area contributed by atoms with Gasteiger partial charge >= 0.3 is 0 Å². The number of aromatic nitrogens is 2. The Balaban J connectivity index is 2.26. The van der Waals surface area contributed by atoms with Gasteiger partial charge in [0.05, 0.1) is 11.9 Å². The van der Waals surface area contributed by atoms with Gasteiger partial charge in [0.2, 0.25) is 10.0 Å². The summed E-state index contributed by atoms with van der Waals surface area (Å²) in [6.07, 6.45) is 2.13. The molecule has 0 saturated carbocycles. The second kappa shape index (κ2) is 4.88. The molecule has 2 heterocycles. The molecule has 0 saturated heterocycles. The molecule has 0 bridgehead atoms. The third kappa shape index (κ3) is 3.55. The second-order valence-electron chi connectivity index (χ2n) is 5.82. The lowest BCUT2D eigenvalue weighted by atomic mass is 10.1. The first-order valence-corrected chi connectivity index (χ1v) is 8.32. The van der Waals surface area contributed by atoms with Crippen LogP contribution in [0.15, 0.2) is 0 Å². The summed E-state index contributed by atoms with van der Waals surface area (Å²) in [5, 5.41) is 3.30. The maximum Gasteiger partial charge on any atom is 0.209 e. The van der Waals surface area contributed by atoms with E-state index in [0.29, 0.717) is 6.54 Å². The molecule has 0 amide bonds. The van der Waals surface area contributed by atoms with E-state index in [1.807, 2.05) is 20.8 Å². The summed E-state index contributed by atoms with van der Waals surface area (Å²) in [5.41, 5.74) is 1.77. The fraction of sp³-hybridized carbons (Fsp3) is 0.750. The van der Waals surface area contributed by atoms with Crippen LogP contribution in [0.1, 0.15) is 31.1 Å². The molecule has 0 fully saturated rings. The first-order valence-electron chi connectivity index (χ1n) is 6.42. The van der Waals surface area contributed by atoms with Crippen molar-refractivity contribution in [2.75, 3.05) is 12.8 Å². The minimum atomic E-state index is -3.22. The Morgan fingerprint density at radius 3 is 2.79 bits per heavy atom. The lowest BCUT2D eigenvalue weighted by Gasteiger charge is -2.28. The SMILES string of the molecule is Cc1nc2c(n1CC(C)(C)NS(C)(=O)=O)CCNC2. The minimum absolute atomic E-state index is 0.530. The molecule has 6 nitrogen and oxygen atoms in total. The molecular formula is C12H22N4O2S. The summed E-state index contributed by atoms with van der Waals surface area (Å²) in [7, 11) is -3.22. The third-order valence-corrected chi connectivity index (χ3v) is 4.12. The molecule has 0 atom stereocenters. The van der Waals surface area contributed by atoms with Crippen molar-refractivity contribution in [1.29, 1.82) is 0 Å². The average molecular weight is 286 g/mol. The first kappa shape index (κ1) is 14.5. The van der Waals surface area contributed by atoms with Gasteiger partial charge in [-0.3, -0.25) is 0 Å². The number of imidazole rings is 1. The van der Waals surface area contributed by atoms with Gasteiger partial charge in [-0.25, -0.2) is 18.1 Å². The number of nitrogens with one attached hydrogen (secondary N) is 2. The molecule has 108 valence electrons. The number of fused-ring (bicyclic) bond motifs is 1. The fourth-order valence-electron chi connectivity index (χ4n) is 2.64. The summed E-state index contributed by atoms with van der Waals surface area (Å²) in [6.45, 7) is 8.08. The van der Waals surface area contributed by atoms with Crippen LogP contribution in [-0.4, -0.2) is 36.3 Å². The summed E-state index contributed by atoms with van der Waals surface area (Å²) >= 11 is 0. The van der Waals surface area contributed by atoms with Gasteiger partial charge in [0.1, 0.15) is 5.82 Å². The normalized spacial score (nSPS) is 16.4. The van der Waals surface area contributed by atoms with E-state index in [1.54, 1.807) is 0 Å². The topological polar surface area (TPSA) is 76.0 Å². The monoisotopic (exact) mass is 286 g/mol. The van der Waals surface area contributed by atoms with E-state index in [1.165, 1.54) is 11.9 Å². The molecule has 0 radical (unpaired) electrons. The van der Waals surface area contributed by atoms with Crippen LogP contribution in [-0.2, 0) is 29.5 Å². The van der Waals surface area contributed by atoms with Crippen LogP contribution in [0.3, 0.4) is 0 Å². The van der Waals surface area contributed by atoms with Crippen LogP contribution in [0.2, 0.25) is 0 Å². The highest BCUT2D eigenvalue weighted by molar-refractivity contribution is 7.88. The van der Waals surface area contributed by atoms with Gasteiger partial charge < -0.3 is 9.88 Å². The Kier molecular flexibility index (Phi) is 3.72. The van der Waals surface area contributed by atoms with Gasteiger partial charge in [-0.05, 0) is 20.8 Å². The van der Waals surface area contributed by atoms with E-state index in [9.17, 15) is 8.42 Å². The highest BCUT2D eigenvalue weighted by Gasteiger charge is 2.26. The molecule has 0 aromatic carbocycles. The van der Waals surface area contributed by atoms with Crippen LogP contribution < -0.4 is 10.0 Å². The number of rotatable bonds is 4. The maximum absolute atomic E-state index is 11.4. The zero-order valence-corrected chi connectivity index (χ0v) is 12.8. The molecular weight excluding hydrogens is 264 g/mol. The molecule has 7 heteroatoms. The Labute approximate surface area is 114 Å². The maximum atomic E-state index is 11.4. The Bertz CT molecular complexity index is 575. The van der Waals surface area contributed by atoms with E-state index in [-0.39, 0.29) is 0 Å². The predicted molar refractivity (Wildman–Crippen MR) is 74.4 cm³/mol. The quantitative estimate of drug-likeness (QED) is 0.827. The first-order chi connectivity index (χ1) is 8.68. The summed E-state index contributed by atoms with van der Waals surface area (Å²) < 4.78 is 27.6. The molecule has 1 aliphatic heterocycles. The Morgan fingerprint density at radius 1 is 1.47 bits per heavy atom. The number of nitrogens with zero attached hydrogens (tertiary/aromatic N) is 2. The van der Waals surface area contributed by atoms with Crippen LogP contribution >= 0.6 is 0 Å². The number of aryl methyl sites for hydroxylation is 1. The molecule has 1 aromatic rings. The van der Waals surface area contributed by atoms with Crippen molar-refractivity contribution in [2.45, 2.75) is 45.8 Å². The van der Waals surface area contributed by atoms with Crippen molar-refractivity contribution in [3.8, 4) is 0 Å². The minimum Gasteiger partial charge on any atom is -0.330 e. The smallest absolute Gasteiger partial charge is 0.209 e. The van der Waals surface area contributed by atoms with Crippen LogP contribution in [0.5, 0.6) is 0 Å². The van der Waals surface area contributed by atoms with Gasteiger partial charge in [0.15, 0.2) is 0 Å². The zero-order valence-electron chi connectivity index (χ0n) is 11.9. The van der Waals surface area contributed by atoms with E-state index >= 15 is 0 Å². The summed E-state index contributed by atoms with van der Waals surface area (Å²) in [4.78, 5) is 4.56. The van der Waals surface area contributed by atoms with Crippen LogP contribution in [0, 0.1) is 6.92 Å². The van der Waals surface area contributed by atoms with Crippen LogP contribution in [0.4, 0.5) is 0 Å². The molecule has 19 heavy (non-hydrogen) atoms. The summed E-state index contributed by atoms with van der Waals surface area (Å²) in [6, 6.07) is 0. The third-order valence-electron chi connectivity index (χ3n) is 3.19. The lowest BCUT2D eigenvalue weighted by molar-refractivity contribution is 0.379. The van der Waals surface area contributed by atoms with Crippen molar-refractivity contribution in [3.05, 3.63) is 17.2 Å². The van der Waals surface area contributed by atoms with Crippen LogP contribution in [0.25, 0.3) is 0 Å². The molecule has 2 N–H and O–H groups in total. The largest absolute Gasteiger partial charge is 0.330 e. The molecule has 1 aromatic heterocycles. The Hall–Kier alpha value is -0.920. The highest BCUT2D eigenvalue weighted by Crippen LogP contribution is 2.19. The van der Waals surface area contributed by atoms with Gasteiger partial charge in [0.25, 0.3) is 0 Å². The van der Waals surface area contributed by atoms with Gasteiger partial charge in [-0.1, -0.05) is 0 Å². The number of sulfonamides is 1. The van der Waals surface area contributed by atoms with Gasteiger partial charge in [-0.15, -0.1) is 0 Å². The molecule has 2 rings (SSSR count). The molecule has 0 spiro atoms. The summed E-state index contributed by atoms with van der Waals surface area (Å²) in [5.74, 6) is 0.942. The standard InChI is InChI=1S/C12H22N4O2S/c1-9-14-10-7-13-6-5-11(10)16(9)8-12(2,3)15-19(4,17)18/h13,15H,5-8H2,1-4H3. The number of hydrogen-bond acceptors (Lipinski definition) is 4. The van der Waals surface area contributed by atoms with Gasteiger partial charge in [-0.2, -0.15) is 0 Å². The van der Waals surface area contributed by atoms with Gasteiger partial charge in [0, 0.05) is 37.3 Å².